The number of benzene rings is 1. The van der Waals surface area contributed by atoms with E-state index >= 15 is 0 Å². The van der Waals surface area contributed by atoms with Gasteiger partial charge in [-0.3, -0.25) is 4.31 Å². The fraction of sp³-hybridized carbons (Fsp3) is 0.263. The first-order valence-electron chi connectivity index (χ1n) is 8.74. The number of nitrogens with two attached hydrogens (primary N) is 1. The maximum atomic E-state index is 14.6. The van der Waals surface area contributed by atoms with Gasteiger partial charge in [0.15, 0.2) is 11.5 Å². The third kappa shape index (κ3) is 3.27. The highest BCUT2D eigenvalue weighted by atomic mass is 32.2. The van der Waals surface area contributed by atoms with E-state index in [1.165, 1.54) is 34.8 Å². The summed E-state index contributed by atoms with van der Waals surface area (Å²) < 4.78 is 42.7. The molecule has 1 aromatic heterocycles. The van der Waals surface area contributed by atoms with Crippen molar-refractivity contribution in [2.45, 2.75) is 23.6 Å². The normalized spacial score (nSPS) is 22.9. The smallest absolute Gasteiger partial charge is 0.203 e. The summed E-state index contributed by atoms with van der Waals surface area (Å²) in [7, 11) is 0.165. The van der Waals surface area contributed by atoms with Crippen LogP contribution in [-0.4, -0.2) is 36.2 Å². The number of aliphatic imine (C=N–C) groups is 1. The second kappa shape index (κ2) is 7.00. The van der Waals surface area contributed by atoms with Crippen LogP contribution >= 0.6 is 0 Å². The molecule has 2 heterocycles. The van der Waals surface area contributed by atoms with Crippen molar-refractivity contribution < 1.29 is 13.0 Å². The Kier molecular flexibility index (Phi) is 4.62. The average Bonchev–Trinajstić information content (AvgIpc) is 3.53. The van der Waals surface area contributed by atoms with Gasteiger partial charge in [0.1, 0.15) is 34.6 Å². The third-order valence-electron chi connectivity index (χ3n) is 5.04. The van der Waals surface area contributed by atoms with Crippen LogP contribution in [0.15, 0.2) is 35.6 Å². The van der Waals surface area contributed by atoms with E-state index in [-0.39, 0.29) is 22.9 Å². The minimum atomic E-state index is -1.43. The molecule has 1 saturated carbocycles. The summed E-state index contributed by atoms with van der Waals surface area (Å²) in [5.74, 6) is -1.13. The van der Waals surface area contributed by atoms with Crippen LogP contribution < -0.4 is 5.73 Å². The van der Waals surface area contributed by atoms with Gasteiger partial charge in [-0.25, -0.2) is 28.0 Å². The Morgan fingerprint density at radius 1 is 1.41 bits per heavy atom. The molecule has 148 valence electrons. The molecule has 1 aliphatic heterocycles. The van der Waals surface area contributed by atoms with Gasteiger partial charge in [-0.05, 0) is 36.6 Å². The monoisotopic (exact) mass is 414 g/mol. The summed E-state index contributed by atoms with van der Waals surface area (Å²) in [6.45, 7) is 0. The van der Waals surface area contributed by atoms with Gasteiger partial charge in [-0.15, -0.1) is 0 Å². The Morgan fingerprint density at radius 2 is 2.17 bits per heavy atom. The molecule has 1 aliphatic carbocycles. The van der Waals surface area contributed by atoms with Gasteiger partial charge in [-0.2, -0.15) is 5.26 Å². The van der Waals surface area contributed by atoms with Crippen LogP contribution in [0.2, 0.25) is 0 Å². The summed E-state index contributed by atoms with van der Waals surface area (Å²) in [5.41, 5.74) is 6.50. The molecule has 1 fully saturated rings. The van der Waals surface area contributed by atoms with E-state index in [4.69, 9.17) is 11.0 Å². The Hall–Kier alpha value is -3.19. The van der Waals surface area contributed by atoms with Crippen molar-refractivity contribution in [3.63, 3.8) is 0 Å². The lowest BCUT2D eigenvalue weighted by molar-refractivity contribution is 0.527. The molecule has 2 unspecified atom stereocenters. The highest BCUT2D eigenvalue weighted by Crippen LogP contribution is 2.55. The minimum Gasteiger partial charge on any atom is -0.369 e. The zero-order valence-corrected chi connectivity index (χ0v) is 16.2. The largest absolute Gasteiger partial charge is 0.369 e. The molecule has 0 bridgehead atoms. The van der Waals surface area contributed by atoms with Crippen molar-refractivity contribution in [1.29, 1.82) is 5.26 Å². The molecule has 2 atom stereocenters. The summed E-state index contributed by atoms with van der Waals surface area (Å²) in [6, 6.07) is 5.24. The third-order valence-corrected chi connectivity index (χ3v) is 7.05. The fourth-order valence-corrected chi connectivity index (χ4v) is 4.88. The lowest BCUT2D eigenvalue weighted by Gasteiger charge is -2.34. The van der Waals surface area contributed by atoms with Crippen LogP contribution in [0.4, 0.5) is 8.78 Å². The van der Waals surface area contributed by atoms with E-state index < -0.39 is 33.4 Å². The van der Waals surface area contributed by atoms with Crippen LogP contribution in [0, 0.1) is 17.1 Å². The fourth-order valence-electron chi connectivity index (χ4n) is 3.30. The standard InChI is InChI=1S/C19H16F2N6OS/c1-27-18(23)26-17(19(4-5-19)29(27)28)13-6-11(2-3-14(13)20)7-15(21)16-10-24-12(8-22)9-25-16/h2-3,6-7,9-10,17H,4-5H2,1H3,(H2,23,26)/b15-7-. The van der Waals surface area contributed by atoms with Gasteiger partial charge in [-0.1, -0.05) is 6.07 Å². The molecule has 0 saturated heterocycles. The first-order valence-corrected chi connectivity index (χ1v) is 9.84. The van der Waals surface area contributed by atoms with Gasteiger partial charge in [0.25, 0.3) is 0 Å². The van der Waals surface area contributed by atoms with Crippen LogP contribution in [0.3, 0.4) is 0 Å². The zero-order chi connectivity index (χ0) is 20.8. The Morgan fingerprint density at radius 3 is 2.79 bits per heavy atom. The molecule has 10 heteroatoms. The molecule has 7 nitrogen and oxygen atoms in total. The second-order valence-electron chi connectivity index (χ2n) is 6.87. The molecule has 29 heavy (non-hydrogen) atoms. The van der Waals surface area contributed by atoms with Gasteiger partial charge in [0, 0.05) is 12.6 Å². The van der Waals surface area contributed by atoms with Gasteiger partial charge in [0.2, 0.25) is 5.96 Å². The Balaban J connectivity index is 1.71. The average molecular weight is 414 g/mol. The van der Waals surface area contributed by atoms with Crippen molar-refractivity contribution in [2.24, 2.45) is 10.7 Å². The SMILES string of the molecule is CN1C(N)=NC(c2cc(/C=C(\F)c3cnc(C#N)cn3)ccc2F)C2(CC2)S1=O. The molecule has 0 amide bonds. The van der Waals surface area contributed by atoms with E-state index in [2.05, 4.69) is 15.0 Å². The van der Waals surface area contributed by atoms with E-state index in [0.717, 1.165) is 6.20 Å². The number of rotatable bonds is 3. The quantitative estimate of drug-likeness (QED) is 0.830. The number of hydrogen-bond donors (Lipinski definition) is 1. The number of guanidine groups is 1. The van der Waals surface area contributed by atoms with Gasteiger partial charge < -0.3 is 5.73 Å². The lowest BCUT2D eigenvalue weighted by atomic mass is 9.99. The minimum absolute atomic E-state index is 0.0452. The van der Waals surface area contributed by atoms with Gasteiger partial charge in [0.05, 0.1) is 17.1 Å². The molecule has 0 radical (unpaired) electrons. The second-order valence-corrected chi connectivity index (χ2v) is 8.73. The summed E-state index contributed by atoms with van der Waals surface area (Å²) in [6.07, 6.45) is 4.79. The first-order chi connectivity index (χ1) is 13.9. The molecule has 2 aromatic rings. The number of hydrogen-bond acceptors (Lipinski definition) is 6. The van der Waals surface area contributed by atoms with E-state index in [0.29, 0.717) is 18.4 Å². The Labute approximate surface area is 168 Å². The molecule has 2 aliphatic rings. The van der Waals surface area contributed by atoms with Crippen molar-refractivity contribution in [1.82, 2.24) is 14.3 Å². The van der Waals surface area contributed by atoms with E-state index in [1.807, 2.05) is 6.07 Å². The zero-order valence-electron chi connectivity index (χ0n) is 15.3. The summed E-state index contributed by atoms with van der Waals surface area (Å²) in [4.78, 5) is 12.0. The number of aromatic nitrogens is 2. The molecular weight excluding hydrogens is 398 g/mol. The van der Waals surface area contributed by atoms with Crippen LogP contribution in [-0.2, 0) is 11.0 Å². The summed E-state index contributed by atoms with van der Waals surface area (Å²) >= 11 is 0. The molecule has 2 N–H and O–H groups in total. The van der Waals surface area contributed by atoms with Crippen molar-refractivity contribution in [3.8, 4) is 6.07 Å². The Bertz CT molecular complexity index is 1100. The predicted octanol–water partition coefficient (Wildman–Crippen LogP) is 2.45. The molecule has 1 spiro atoms. The highest BCUT2D eigenvalue weighted by molar-refractivity contribution is 7.85. The van der Waals surface area contributed by atoms with Crippen molar-refractivity contribution >= 4 is 28.8 Å². The van der Waals surface area contributed by atoms with Crippen LogP contribution in [0.1, 0.15) is 41.4 Å². The van der Waals surface area contributed by atoms with Crippen LogP contribution in [0.5, 0.6) is 0 Å². The predicted molar refractivity (Wildman–Crippen MR) is 104 cm³/mol. The van der Waals surface area contributed by atoms with Crippen molar-refractivity contribution in [3.05, 3.63) is 58.9 Å². The molecule has 1 aromatic carbocycles. The number of halogens is 2. The summed E-state index contributed by atoms with van der Waals surface area (Å²) in [5, 5.41) is 8.74. The van der Waals surface area contributed by atoms with Gasteiger partial charge >= 0.3 is 0 Å². The maximum absolute atomic E-state index is 14.6. The number of nitriles is 1. The van der Waals surface area contributed by atoms with Crippen LogP contribution in [0.25, 0.3) is 11.9 Å². The first kappa shape index (κ1) is 19.1. The maximum Gasteiger partial charge on any atom is 0.203 e. The van der Waals surface area contributed by atoms with E-state index in [9.17, 15) is 13.0 Å². The van der Waals surface area contributed by atoms with Crippen molar-refractivity contribution in [2.75, 3.05) is 7.05 Å². The highest BCUT2D eigenvalue weighted by Gasteiger charge is 2.60. The lowest BCUT2D eigenvalue weighted by Crippen LogP contribution is -2.47. The van der Waals surface area contributed by atoms with E-state index in [1.54, 1.807) is 7.05 Å². The molecule has 4 rings (SSSR count). The topological polar surface area (TPSA) is 108 Å². The number of nitrogens with zero attached hydrogens (tertiary/aromatic N) is 5. The molecular formula is C19H16F2N6OS.